The minimum atomic E-state index is -0.163. The molecule has 1 aliphatic heterocycles. The highest BCUT2D eigenvalue weighted by atomic mass is 16.2. The first kappa shape index (κ1) is 20.8. The van der Waals surface area contributed by atoms with Crippen LogP contribution in [0.1, 0.15) is 39.9 Å². The number of carbonyl (C=O) groups is 3. The number of carbonyl (C=O) groups excluding carboxylic acids is 3. The van der Waals surface area contributed by atoms with Crippen LogP contribution in [-0.2, 0) is 16.0 Å². The number of hydrogen-bond donors (Lipinski definition) is 1. The molecular formula is C24H28N2O3. The summed E-state index contributed by atoms with van der Waals surface area (Å²) in [6.07, 6.45) is 1.59. The summed E-state index contributed by atoms with van der Waals surface area (Å²) in [7, 11) is 0. The van der Waals surface area contributed by atoms with Gasteiger partial charge in [0.15, 0.2) is 5.78 Å². The largest absolute Gasteiger partial charge is 0.347 e. The van der Waals surface area contributed by atoms with Gasteiger partial charge < -0.3 is 10.2 Å². The van der Waals surface area contributed by atoms with Gasteiger partial charge in [0, 0.05) is 24.6 Å². The van der Waals surface area contributed by atoms with Crippen molar-refractivity contribution in [3.8, 4) is 0 Å². The Labute approximate surface area is 172 Å². The van der Waals surface area contributed by atoms with Crippen LogP contribution in [-0.4, -0.2) is 42.1 Å². The number of ketones is 1. The first-order chi connectivity index (χ1) is 13.9. The van der Waals surface area contributed by atoms with Gasteiger partial charge in [0.05, 0.1) is 13.0 Å². The molecule has 1 N–H and O–H groups in total. The van der Waals surface area contributed by atoms with E-state index in [4.69, 9.17) is 0 Å². The summed E-state index contributed by atoms with van der Waals surface area (Å²) in [4.78, 5) is 39.0. The molecule has 5 nitrogen and oxygen atoms in total. The molecule has 0 aliphatic carbocycles. The molecule has 29 heavy (non-hydrogen) atoms. The van der Waals surface area contributed by atoms with Crippen molar-refractivity contribution in [3.05, 3.63) is 70.8 Å². The third-order valence-electron chi connectivity index (χ3n) is 5.51. The zero-order valence-corrected chi connectivity index (χ0v) is 17.1. The number of nitrogens with one attached hydrogen (secondary N) is 1. The van der Waals surface area contributed by atoms with Gasteiger partial charge in [-0.15, -0.1) is 0 Å². The fraction of sp³-hybridized carbons (Fsp3) is 0.375. The minimum Gasteiger partial charge on any atom is -0.347 e. The molecule has 1 saturated heterocycles. The Kier molecular flexibility index (Phi) is 6.81. The number of likely N-dealkylation sites (tertiary alicyclic amines) is 1. The number of benzene rings is 2. The summed E-state index contributed by atoms with van der Waals surface area (Å²) in [6, 6.07) is 15.4. The normalized spacial score (nSPS) is 14.5. The summed E-state index contributed by atoms with van der Waals surface area (Å²) < 4.78 is 0. The molecule has 5 heteroatoms. The number of rotatable bonds is 6. The summed E-state index contributed by atoms with van der Waals surface area (Å²) in [5.41, 5.74) is 3.86. The van der Waals surface area contributed by atoms with Crippen molar-refractivity contribution in [1.29, 1.82) is 0 Å². The van der Waals surface area contributed by atoms with Crippen LogP contribution in [0.5, 0.6) is 0 Å². The summed E-state index contributed by atoms with van der Waals surface area (Å²) >= 11 is 0. The third-order valence-corrected chi connectivity index (χ3v) is 5.51. The first-order valence-electron chi connectivity index (χ1n) is 10.1. The molecule has 2 aromatic carbocycles. The molecule has 3 rings (SSSR count). The zero-order chi connectivity index (χ0) is 20.8. The Bertz CT molecular complexity index is 884. The molecule has 2 aromatic rings. The second kappa shape index (κ2) is 9.50. The molecule has 0 spiro atoms. The van der Waals surface area contributed by atoms with Crippen LogP contribution in [0.25, 0.3) is 0 Å². The Morgan fingerprint density at radius 3 is 2.34 bits per heavy atom. The number of hydrogen-bond acceptors (Lipinski definition) is 3. The van der Waals surface area contributed by atoms with Gasteiger partial charge in [-0.1, -0.05) is 54.1 Å². The molecule has 2 amide bonds. The molecular weight excluding hydrogens is 364 g/mol. The fourth-order valence-corrected chi connectivity index (χ4v) is 3.83. The predicted octanol–water partition coefficient (Wildman–Crippen LogP) is 3.08. The van der Waals surface area contributed by atoms with Crippen LogP contribution >= 0.6 is 0 Å². The van der Waals surface area contributed by atoms with Gasteiger partial charge in [0.25, 0.3) is 0 Å². The van der Waals surface area contributed by atoms with Crippen molar-refractivity contribution >= 4 is 17.6 Å². The maximum Gasteiger partial charge on any atom is 0.241 e. The van der Waals surface area contributed by atoms with E-state index < -0.39 is 0 Å². The molecule has 0 atom stereocenters. The lowest BCUT2D eigenvalue weighted by Crippen LogP contribution is -2.45. The number of aryl methyl sites for hydroxylation is 2. The SMILES string of the molecule is Cc1ccc(C(=O)C2CCN(C(=O)CNC(=O)Cc3ccccc3)CC2)c(C)c1. The molecule has 1 heterocycles. The van der Waals surface area contributed by atoms with Crippen LogP contribution < -0.4 is 5.32 Å². The maximum absolute atomic E-state index is 12.8. The lowest BCUT2D eigenvalue weighted by molar-refractivity contribution is -0.133. The van der Waals surface area contributed by atoms with Crippen LogP contribution in [0.2, 0.25) is 0 Å². The Morgan fingerprint density at radius 2 is 1.69 bits per heavy atom. The molecule has 1 aliphatic rings. The average molecular weight is 392 g/mol. The molecule has 0 radical (unpaired) electrons. The topological polar surface area (TPSA) is 66.5 Å². The van der Waals surface area contributed by atoms with Crippen LogP contribution in [0, 0.1) is 19.8 Å². The van der Waals surface area contributed by atoms with Crippen LogP contribution in [0.4, 0.5) is 0 Å². The van der Waals surface area contributed by atoms with Crippen molar-refractivity contribution in [3.63, 3.8) is 0 Å². The Balaban J connectivity index is 1.45. The smallest absolute Gasteiger partial charge is 0.241 e. The van der Waals surface area contributed by atoms with E-state index in [0.717, 1.165) is 22.3 Å². The van der Waals surface area contributed by atoms with Crippen molar-refractivity contribution in [1.82, 2.24) is 10.2 Å². The highest BCUT2D eigenvalue weighted by Crippen LogP contribution is 2.24. The van der Waals surface area contributed by atoms with Gasteiger partial charge in [-0.05, 0) is 37.8 Å². The van der Waals surface area contributed by atoms with E-state index in [-0.39, 0.29) is 36.5 Å². The monoisotopic (exact) mass is 392 g/mol. The molecule has 0 unspecified atom stereocenters. The van der Waals surface area contributed by atoms with Crippen molar-refractivity contribution in [2.24, 2.45) is 5.92 Å². The second-order valence-electron chi connectivity index (χ2n) is 7.78. The standard InChI is InChI=1S/C24H28N2O3/c1-17-8-9-21(18(2)14-17)24(29)20-10-12-26(13-11-20)23(28)16-25-22(27)15-19-6-4-3-5-7-19/h3-9,14,20H,10-13,15-16H2,1-2H3,(H,25,27). The minimum absolute atomic E-state index is 0.00134. The number of piperidine rings is 1. The number of Topliss-reactive ketones (excluding diaryl/α,β-unsaturated/α-hetero) is 1. The van der Waals surface area contributed by atoms with E-state index in [1.165, 1.54) is 0 Å². The maximum atomic E-state index is 12.8. The third kappa shape index (κ3) is 5.53. The van der Waals surface area contributed by atoms with Gasteiger partial charge in [-0.3, -0.25) is 14.4 Å². The van der Waals surface area contributed by atoms with Crippen molar-refractivity contribution in [2.45, 2.75) is 33.1 Å². The molecule has 1 fully saturated rings. The van der Waals surface area contributed by atoms with Crippen LogP contribution in [0.3, 0.4) is 0 Å². The van der Waals surface area contributed by atoms with Gasteiger partial charge in [0.2, 0.25) is 11.8 Å². The molecule has 0 aromatic heterocycles. The molecule has 0 bridgehead atoms. The highest BCUT2D eigenvalue weighted by molar-refractivity contribution is 5.99. The van der Waals surface area contributed by atoms with Crippen molar-refractivity contribution < 1.29 is 14.4 Å². The first-order valence-corrected chi connectivity index (χ1v) is 10.1. The van der Waals surface area contributed by atoms with Gasteiger partial charge in [-0.2, -0.15) is 0 Å². The average Bonchev–Trinajstić information content (AvgIpc) is 2.72. The lowest BCUT2D eigenvalue weighted by Gasteiger charge is -2.31. The Hall–Kier alpha value is -2.95. The molecule has 0 saturated carbocycles. The van der Waals surface area contributed by atoms with Gasteiger partial charge in [-0.25, -0.2) is 0 Å². The summed E-state index contributed by atoms with van der Waals surface area (Å²) in [5.74, 6) is -0.132. The zero-order valence-electron chi connectivity index (χ0n) is 17.1. The van der Waals surface area contributed by atoms with E-state index in [1.54, 1.807) is 4.90 Å². The number of nitrogens with zero attached hydrogens (tertiary/aromatic N) is 1. The van der Waals surface area contributed by atoms with E-state index in [1.807, 2.05) is 62.4 Å². The highest BCUT2D eigenvalue weighted by Gasteiger charge is 2.28. The van der Waals surface area contributed by atoms with Crippen LogP contribution in [0.15, 0.2) is 48.5 Å². The fourth-order valence-electron chi connectivity index (χ4n) is 3.83. The van der Waals surface area contributed by atoms with E-state index in [9.17, 15) is 14.4 Å². The Morgan fingerprint density at radius 1 is 1.00 bits per heavy atom. The molecule has 152 valence electrons. The summed E-state index contributed by atoms with van der Waals surface area (Å²) in [5, 5.41) is 2.70. The van der Waals surface area contributed by atoms with E-state index in [2.05, 4.69) is 5.32 Å². The van der Waals surface area contributed by atoms with Gasteiger partial charge >= 0.3 is 0 Å². The lowest BCUT2D eigenvalue weighted by atomic mass is 9.87. The van der Waals surface area contributed by atoms with Gasteiger partial charge in [0.1, 0.15) is 0 Å². The predicted molar refractivity (Wildman–Crippen MR) is 113 cm³/mol. The summed E-state index contributed by atoms with van der Waals surface area (Å²) in [6.45, 7) is 5.09. The van der Waals surface area contributed by atoms with E-state index in [0.29, 0.717) is 25.9 Å². The quantitative estimate of drug-likeness (QED) is 0.769. The number of amides is 2. The van der Waals surface area contributed by atoms with E-state index >= 15 is 0 Å². The van der Waals surface area contributed by atoms with Crippen molar-refractivity contribution in [2.75, 3.05) is 19.6 Å². The second-order valence-corrected chi connectivity index (χ2v) is 7.78.